The molecule has 110 valence electrons. The molecule has 6 nitrogen and oxygen atoms in total. The van der Waals surface area contributed by atoms with Gasteiger partial charge in [-0.05, 0) is 32.3 Å². The van der Waals surface area contributed by atoms with E-state index in [1.54, 1.807) is 24.2 Å². The van der Waals surface area contributed by atoms with E-state index in [0.717, 1.165) is 12.8 Å². The van der Waals surface area contributed by atoms with Gasteiger partial charge in [0.05, 0.1) is 5.69 Å². The van der Waals surface area contributed by atoms with E-state index < -0.39 is 0 Å². The van der Waals surface area contributed by atoms with Crippen molar-refractivity contribution in [1.29, 1.82) is 0 Å². The molecule has 1 saturated heterocycles. The number of nitrogens with zero attached hydrogens (tertiary/aromatic N) is 2. The largest absolute Gasteiger partial charge is 0.397 e. The summed E-state index contributed by atoms with van der Waals surface area (Å²) < 4.78 is 1.83. The molecule has 0 aliphatic carbocycles. The van der Waals surface area contributed by atoms with Gasteiger partial charge in [0.25, 0.3) is 5.91 Å². The molecule has 20 heavy (non-hydrogen) atoms. The molecular weight excluding hydrogens is 256 g/mol. The number of amides is 2. The van der Waals surface area contributed by atoms with Crippen LogP contribution in [-0.2, 0) is 11.3 Å². The minimum Gasteiger partial charge on any atom is -0.397 e. The third-order valence-corrected chi connectivity index (χ3v) is 3.79. The lowest BCUT2D eigenvalue weighted by atomic mass is 10.0. The molecule has 1 aliphatic heterocycles. The van der Waals surface area contributed by atoms with Crippen LogP contribution in [0.1, 0.15) is 36.7 Å². The number of anilines is 1. The van der Waals surface area contributed by atoms with Gasteiger partial charge in [0, 0.05) is 26.3 Å². The van der Waals surface area contributed by atoms with Gasteiger partial charge >= 0.3 is 0 Å². The van der Waals surface area contributed by atoms with Crippen molar-refractivity contribution in [2.45, 2.75) is 38.8 Å². The van der Waals surface area contributed by atoms with Gasteiger partial charge in [-0.3, -0.25) is 9.59 Å². The van der Waals surface area contributed by atoms with Crippen LogP contribution >= 0.6 is 0 Å². The van der Waals surface area contributed by atoms with Crippen LogP contribution in [0.25, 0.3) is 0 Å². The SMILES string of the molecule is CCn1cc(N)cc1C(=O)N1CCCCC1C(=O)NC. The maximum atomic E-state index is 12.7. The molecule has 2 rings (SSSR count). The third kappa shape index (κ3) is 2.64. The fraction of sp³-hybridized carbons (Fsp3) is 0.571. The van der Waals surface area contributed by atoms with E-state index in [0.29, 0.717) is 30.9 Å². The van der Waals surface area contributed by atoms with Crippen LogP contribution in [0.15, 0.2) is 12.3 Å². The number of likely N-dealkylation sites (tertiary alicyclic amines) is 1. The van der Waals surface area contributed by atoms with Crippen molar-refractivity contribution in [3.05, 3.63) is 18.0 Å². The first-order chi connectivity index (χ1) is 9.58. The summed E-state index contributed by atoms with van der Waals surface area (Å²) in [5, 5.41) is 2.64. The van der Waals surface area contributed by atoms with Gasteiger partial charge in [-0.25, -0.2) is 0 Å². The molecule has 0 bridgehead atoms. The van der Waals surface area contributed by atoms with Gasteiger partial charge in [0.15, 0.2) is 0 Å². The van der Waals surface area contributed by atoms with Crippen molar-refractivity contribution in [2.75, 3.05) is 19.3 Å². The highest BCUT2D eigenvalue weighted by atomic mass is 16.2. The highest BCUT2D eigenvalue weighted by Crippen LogP contribution is 2.21. The first-order valence-electron chi connectivity index (χ1n) is 7.06. The van der Waals surface area contributed by atoms with Crippen molar-refractivity contribution in [1.82, 2.24) is 14.8 Å². The van der Waals surface area contributed by atoms with Crippen LogP contribution in [0.3, 0.4) is 0 Å². The van der Waals surface area contributed by atoms with E-state index in [1.165, 1.54) is 0 Å². The molecule has 0 spiro atoms. The number of hydrogen-bond donors (Lipinski definition) is 2. The molecule has 0 radical (unpaired) electrons. The minimum atomic E-state index is -0.373. The van der Waals surface area contributed by atoms with E-state index in [2.05, 4.69) is 5.32 Å². The summed E-state index contributed by atoms with van der Waals surface area (Å²) in [6.45, 7) is 3.26. The summed E-state index contributed by atoms with van der Waals surface area (Å²) in [6, 6.07) is 1.31. The van der Waals surface area contributed by atoms with Crippen molar-refractivity contribution in [2.24, 2.45) is 0 Å². The second-order valence-corrected chi connectivity index (χ2v) is 5.07. The Morgan fingerprint density at radius 2 is 2.20 bits per heavy atom. The number of likely N-dealkylation sites (N-methyl/N-ethyl adjacent to an activating group) is 1. The lowest BCUT2D eigenvalue weighted by Crippen LogP contribution is -2.51. The zero-order chi connectivity index (χ0) is 14.7. The Balaban J connectivity index is 2.27. The molecule has 1 aromatic rings. The normalized spacial score (nSPS) is 18.9. The number of aryl methyl sites for hydroxylation is 1. The maximum Gasteiger partial charge on any atom is 0.271 e. The fourth-order valence-corrected chi connectivity index (χ4v) is 2.73. The first kappa shape index (κ1) is 14.4. The highest BCUT2D eigenvalue weighted by Gasteiger charge is 2.33. The van der Waals surface area contributed by atoms with Crippen LogP contribution in [0, 0.1) is 0 Å². The van der Waals surface area contributed by atoms with E-state index in [4.69, 9.17) is 5.73 Å². The summed E-state index contributed by atoms with van der Waals surface area (Å²) in [6.07, 6.45) is 4.38. The van der Waals surface area contributed by atoms with Crippen LogP contribution in [-0.4, -0.2) is 40.9 Å². The van der Waals surface area contributed by atoms with E-state index in [9.17, 15) is 9.59 Å². The molecule has 2 amide bonds. The second-order valence-electron chi connectivity index (χ2n) is 5.07. The quantitative estimate of drug-likeness (QED) is 0.859. The summed E-state index contributed by atoms with van der Waals surface area (Å²) in [5.41, 5.74) is 6.90. The Morgan fingerprint density at radius 1 is 1.45 bits per heavy atom. The Labute approximate surface area is 118 Å². The van der Waals surface area contributed by atoms with Crippen molar-refractivity contribution in [3.8, 4) is 0 Å². The lowest BCUT2D eigenvalue weighted by molar-refractivity contribution is -0.126. The van der Waals surface area contributed by atoms with Crippen LogP contribution < -0.4 is 11.1 Å². The van der Waals surface area contributed by atoms with Crippen molar-refractivity contribution >= 4 is 17.5 Å². The molecule has 3 N–H and O–H groups in total. The van der Waals surface area contributed by atoms with Gasteiger partial charge in [0.1, 0.15) is 11.7 Å². The molecule has 1 atom stereocenters. The number of nitrogen functional groups attached to an aromatic ring is 1. The molecule has 0 saturated carbocycles. The minimum absolute atomic E-state index is 0.0966. The van der Waals surface area contributed by atoms with E-state index >= 15 is 0 Å². The Bertz CT molecular complexity index is 509. The Kier molecular flexibility index (Phi) is 4.32. The molecular formula is C14H22N4O2. The highest BCUT2D eigenvalue weighted by molar-refractivity contribution is 5.97. The summed E-state index contributed by atoms with van der Waals surface area (Å²) in [7, 11) is 1.60. The number of nitrogens with two attached hydrogens (primary N) is 1. The number of nitrogens with one attached hydrogen (secondary N) is 1. The second kappa shape index (κ2) is 5.98. The molecule has 1 aromatic heterocycles. The monoisotopic (exact) mass is 278 g/mol. The molecule has 2 heterocycles. The third-order valence-electron chi connectivity index (χ3n) is 3.79. The molecule has 1 fully saturated rings. The van der Waals surface area contributed by atoms with Crippen LogP contribution in [0.4, 0.5) is 5.69 Å². The van der Waals surface area contributed by atoms with Gasteiger partial charge in [0.2, 0.25) is 5.91 Å². The predicted molar refractivity (Wildman–Crippen MR) is 77.3 cm³/mol. The predicted octanol–water partition coefficient (Wildman–Crippen LogP) is 0.831. The number of piperidine rings is 1. The molecule has 0 aromatic carbocycles. The van der Waals surface area contributed by atoms with Gasteiger partial charge in [-0.15, -0.1) is 0 Å². The Morgan fingerprint density at radius 3 is 2.85 bits per heavy atom. The number of carbonyl (C=O) groups is 2. The van der Waals surface area contributed by atoms with Gasteiger partial charge < -0.3 is 20.5 Å². The van der Waals surface area contributed by atoms with Gasteiger partial charge in [-0.2, -0.15) is 0 Å². The fourth-order valence-electron chi connectivity index (χ4n) is 2.73. The zero-order valence-electron chi connectivity index (χ0n) is 12.1. The Hall–Kier alpha value is -1.98. The number of aromatic nitrogens is 1. The smallest absolute Gasteiger partial charge is 0.271 e. The summed E-state index contributed by atoms with van der Waals surface area (Å²) in [4.78, 5) is 26.3. The summed E-state index contributed by atoms with van der Waals surface area (Å²) >= 11 is 0. The first-order valence-corrected chi connectivity index (χ1v) is 7.06. The molecule has 1 aliphatic rings. The number of carbonyl (C=O) groups excluding carboxylic acids is 2. The number of rotatable bonds is 3. The molecule has 6 heteroatoms. The number of hydrogen-bond acceptors (Lipinski definition) is 3. The zero-order valence-corrected chi connectivity index (χ0v) is 12.1. The standard InChI is InChI=1S/C14H22N4O2/c1-3-17-9-10(15)8-12(17)14(20)18-7-5-4-6-11(18)13(19)16-2/h8-9,11H,3-7,15H2,1-2H3,(H,16,19). The van der Waals surface area contributed by atoms with Crippen molar-refractivity contribution < 1.29 is 9.59 Å². The van der Waals surface area contributed by atoms with E-state index in [1.807, 2.05) is 11.5 Å². The van der Waals surface area contributed by atoms with Gasteiger partial charge in [-0.1, -0.05) is 0 Å². The average Bonchev–Trinajstić information content (AvgIpc) is 2.86. The maximum absolute atomic E-state index is 12.7. The van der Waals surface area contributed by atoms with Crippen LogP contribution in [0.2, 0.25) is 0 Å². The topological polar surface area (TPSA) is 80.4 Å². The average molecular weight is 278 g/mol. The molecule has 1 unspecified atom stereocenters. The summed E-state index contributed by atoms with van der Waals surface area (Å²) in [5.74, 6) is -0.211. The van der Waals surface area contributed by atoms with Crippen LogP contribution in [0.5, 0.6) is 0 Å². The van der Waals surface area contributed by atoms with Crippen molar-refractivity contribution in [3.63, 3.8) is 0 Å². The van der Waals surface area contributed by atoms with E-state index in [-0.39, 0.29) is 17.9 Å². The lowest BCUT2D eigenvalue weighted by Gasteiger charge is -2.34.